The third-order valence-electron chi connectivity index (χ3n) is 3.62. The number of rotatable bonds is 8. The Morgan fingerprint density at radius 2 is 1.63 bits per heavy atom. The van der Waals surface area contributed by atoms with Gasteiger partial charge in [-0.05, 0) is 35.9 Å². The van der Waals surface area contributed by atoms with Gasteiger partial charge in [0.15, 0.2) is 18.1 Å². The molecular formula is C20H19ClO6. The molecule has 0 aliphatic heterocycles. The molecule has 0 aliphatic carbocycles. The highest BCUT2D eigenvalue weighted by Crippen LogP contribution is 2.38. The van der Waals surface area contributed by atoms with E-state index in [0.717, 1.165) is 0 Å². The summed E-state index contributed by atoms with van der Waals surface area (Å²) in [6.07, 6.45) is 2.73. The van der Waals surface area contributed by atoms with Gasteiger partial charge in [-0.25, -0.2) is 4.79 Å². The average molecular weight is 391 g/mol. The van der Waals surface area contributed by atoms with Crippen molar-refractivity contribution in [3.63, 3.8) is 0 Å². The fourth-order valence-electron chi connectivity index (χ4n) is 2.31. The molecule has 0 heterocycles. The standard InChI is InChI=1S/C20H19ClO6/c1-24-17-10-13(11-18(25-2)20(17)26-3)8-9-19(23)27-12-16(22)14-6-4-5-7-15(14)21/h4-11H,12H2,1-3H3/b9-8+. The largest absolute Gasteiger partial charge is 0.493 e. The van der Waals surface area contributed by atoms with Crippen LogP contribution in [0.1, 0.15) is 15.9 Å². The van der Waals surface area contributed by atoms with Crippen molar-refractivity contribution >= 4 is 29.4 Å². The summed E-state index contributed by atoms with van der Waals surface area (Å²) in [4.78, 5) is 23.9. The Hall–Kier alpha value is -2.99. The van der Waals surface area contributed by atoms with Gasteiger partial charge in [0.05, 0.1) is 26.4 Å². The summed E-state index contributed by atoms with van der Waals surface area (Å²) < 4.78 is 20.7. The van der Waals surface area contributed by atoms with Crippen molar-refractivity contribution in [3.05, 3.63) is 58.6 Å². The van der Waals surface area contributed by atoms with Crippen LogP contribution in [0.2, 0.25) is 5.02 Å². The van der Waals surface area contributed by atoms with E-state index in [4.69, 9.17) is 30.5 Å². The van der Waals surface area contributed by atoms with Gasteiger partial charge in [0.2, 0.25) is 11.5 Å². The molecule has 2 aromatic rings. The van der Waals surface area contributed by atoms with Crippen molar-refractivity contribution in [1.82, 2.24) is 0 Å². The predicted octanol–water partition coefficient (Wildman–Crippen LogP) is 3.81. The summed E-state index contributed by atoms with van der Waals surface area (Å²) in [5.74, 6) is 0.321. The van der Waals surface area contributed by atoms with Crippen LogP contribution in [0.3, 0.4) is 0 Å². The molecule has 27 heavy (non-hydrogen) atoms. The van der Waals surface area contributed by atoms with Crippen LogP contribution in [0.5, 0.6) is 17.2 Å². The van der Waals surface area contributed by atoms with E-state index in [9.17, 15) is 9.59 Å². The second kappa shape index (κ2) is 9.64. The Morgan fingerprint density at radius 1 is 1.00 bits per heavy atom. The first-order valence-electron chi connectivity index (χ1n) is 7.92. The molecule has 0 fully saturated rings. The zero-order valence-corrected chi connectivity index (χ0v) is 15.9. The average Bonchev–Trinajstić information content (AvgIpc) is 2.69. The predicted molar refractivity (Wildman–Crippen MR) is 102 cm³/mol. The van der Waals surface area contributed by atoms with Gasteiger partial charge >= 0.3 is 5.97 Å². The van der Waals surface area contributed by atoms with Crippen LogP contribution in [0, 0.1) is 0 Å². The Labute approximate surface area is 162 Å². The summed E-state index contributed by atoms with van der Waals surface area (Å²) in [5, 5.41) is 0.312. The summed E-state index contributed by atoms with van der Waals surface area (Å²) in [6.45, 7) is -0.401. The molecule has 142 valence electrons. The summed E-state index contributed by atoms with van der Waals surface area (Å²) in [5.41, 5.74) is 0.944. The third-order valence-corrected chi connectivity index (χ3v) is 3.95. The van der Waals surface area contributed by atoms with E-state index in [1.54, 1.807) is 36.4 Å². The molecule has 0 spiro atoms. The number of halogens is 1. The number of methoxy groups -OCH3 is 3. The summed E-state index contributed by atoms with van der Waals surface area (Å²) in [6, 6.07) is 9.93. The highest BCUT2D eigenvalue weighted by molar-refractivity contribution is 6.34. The molecule has 0 bridgehead atoms. The lowest BCUT2D eigenvalue weighted by molar-refractivity contribution is -0.136. The van der Waals surface area contributed by atoms with Gasteiger partial charge < -0.3 is 18.9 Å². The van der Waals surface area contributed by atoms with E-state index in [0.29, 0.717) is 33.4 Å². The van der Waals surface area contributed by atoms with Gasteiger partial charge in [0.1, 0.15) is 0 Å². The first kappa shape index (κ1) is 20.3. The maximum atomic E-state index is 12.0. The zero-order chi connectivity index (χ0) is 19.8. The topological polar surface area (TPSA) is 71.1 Å². The molecule has 0 unspecified atom stereocenters. The molecule has 7 heteroatoms. The maximum absolute atomic E-state index is 12.0. The zero-order valence-electron chi connectivity index (χ0n) is 15.2. The van der Waals surface area contributed by atoms with Gasteiger partial charge in [-0.2, -0.15) is 0 Å². The number of carbonyl (C=O) groups is 2. The number of ether oxygens (including phenoxy) is 4. The lowest BCUT2D eigenvalue weighted by atomic mass is 10.1. The van der Waals surface area contributed by atoms with Crippen molar-refractivity contribution in [3.8, 4) is 17.2 Å². The van der Waals surface area contributed by atoms with Gasteiger partial charge in [-0.15, -0.1) is 0 Å². The second-order valence-electron chi connectivity index (χ2n) is 5.30. The fourth-order valence-corrected chi connectivity index (χ4v) is 2.55. The van der Waals surface area contributed by atoms with Crippen molar-refractivity contribution in [2.45, 2.75) is 0 Å². The molecule has 0 aromatic heterocycles. The number of ketones is 1. The number of hydrogen-bond acceptors (Lipinski definition) is 6. The molecule has 0 aliphatic rings. The van der Waals surface area contributed by atoms with Crippen LogP contribution < -0.4 is 14.2 Å². The molecule has 0 saturated heterocycles. The summed E-state index contributed by atoms with van der Waals surface area (Å²) in [7, 11) is 4.50. The highest BCUT2D eigenvalue weighted by Gasteiger charge is 2.13. The SMILES string of the molecule is COc1cc(/C=C/C(=O)OCC(=O)c2ccccc2Cl)cc(OC)c1OC. The van der Waals surface area contributed by atoms with Gasteiger partial charge in [-0.3, -0.25) is 4.79 Å². The molecule has 0 saturated carbocycles. The van der Waals surface area contributed by atoms with Gasteiger partial charge in [0.25, 0.3) is 0 Å². The van der Waals surface area contributed by atoms with E-state index in [-0.39, 0.29) is 5.78 Å². The number of Topliss-reactive ketones (excluding diaryl/α,β-unsaturated/α-hetero) is 1. The lowest BCUT2D eigenvalue weighted by Crippen LogP contribution is -2.12. The van der Waals surface area contributed by atoms with Crippen LogP contribution in [-0.2, 0) is 9.53 Å². The van der Waals surface area contributed by atoms with E-state index >= 15 is 0 Å². The molecule has 0 atom stereocenters. The van der Waals surface area contributed by atoms with E-state index < -0.39 is 12.6 Å². The molecule has 6 nitrogen and oxygen atoms in total. The Morgan fingerprint density at radius 3 is 2.19 bits per heavy atom. The van der Waals surface area contributed by atoms with E-state index in [2.05, 4.69) is 0 Å². The van der Waals surface area contributed by atoms with Crippen molar-refractivity contribution in [2.75, 3.05) is 27.9 Å². The molecular weight excluding hydrogens is 372 g/mol. The Kier molecular flexibility index (Phi) is 7.25. The van der Waals surface area contributed by atoms with Crippen LogP contribution in [0.25, 0.3) is 6.08 Å². The van der Waals surface area contributed by atoms with Crippen LogP contribution >= 0.6 is 11.6 Å². The van der Waals surface area contributed by atoms with E-state index in [1.807, 2.05) is 0 Å². The number of carbonyl (C=O) groups excluding carboxylic acids is 2. The smallest absolute Gasteiger partial charge is 0.331 e. The molecule has 0 N–H and O–H groups in total. The van der Waals surface area contributed by atoms with Gasteiger partial charge in [0, 0.05) is 11.6 Å². The highest BCUT2D eigenvalue weighted by atomic mass is 35.5. The maximum Gasteiger partial charge on any atom is 0.331 e. The first-order chi connectivity index (χ1) is 13.0. The normalized spacial score (nSPS) is 10.5. The van der Waals surface area contributed by atoms with Crippen LogP contribution in [0.4, 0.5) is 0 Å². The molecule has 0 amide bonds. The van der Waals surface area contributed by atoms with Crippen LogP contribution in [0.15, 0.2) is 42.5 Å². The van der Waals surface area contributed by atoms with Crippen molar-refractivity contribution < 1.29 is 28.5 Å². The van der Waals surface area contributed by atoms with Crippen LogP contribution in [-0.4, -0.2) is 39.7 Å². The molecule has 0 radical (unpaired) electrons. The number of benzene rings is 2. The lowest BCUT2D eigenvalue weighted by Gasteiger charge is -2.12. The van der Waals surface area contributed by atoms with Crippen molar-refractivity contribution in [1.29, 1.82) is 0 Å². The minimum Gasteiger partial charge on any atom is -0.493 e. The number of hydrogen-bond donors (Lipinski definition) is 0. The van der Waals surface area contributed by atoms with Crippen molar-refractivity contribution in [2.24, 2.45) is 0 Å². The minimum atomic E-state index is -0.663. The number of esters is 1. The summed E-state index contributed by atoms with van der Waals surface area (Å²) >= 11 is 5.95. The Bertz CT molecular complexity index is 834. The molecule has 2 aromatic carbocycles. The first-order valence-corrected chi connectivity index (χ1v) is 8.30. The monoisotopic (exact) mass is 390 g/mol. The van der Waals surface area contributed by atoms with E-state index in [1.165, 1.54) is 33.5 Å². The van der Waals surface area contributed by atoms with Gasteiger partial charge in [-0.1, -0.05) is 23.7 Å². The Balaban J connectivity index is 2.04. The quantitative estimate of drug-likeness (QED) is 0.388. The second-order valence-corrected chi connectivity index (χ2v) is 5.71. The third kappa shape index (κ3) is 5.24. The fraction of sp³-hybridized carbons (Fsp3) is 0.200. The molecule has 2 rings (SSSR count). The minimum absolute atomic E-state index is 0.306.